The van der Waals surface area contributed by atoms with Gasteiger partial charge in [-0.3, -0.25) is 4.79 Å². The number of likely N-dealkylation sites (tertiary alicyclic amines) is 1. The summed E-state index contributed by atoms with van der Waals surface area (Å²) >= 11 is 1.75. The van der Waals surface area contributed by atoms with Crippen LogP contribution in [0.15, 0.2) is 23.6 Å². The molecule has 1 aliphatic heterocycles. The zero-order chi connectivity index (χ0) is 24.5. The SMILES string of the molecule is CC1(C)CCC(C)(C)c2cc(-c3csc(C4CCN(C(=O)[C@H](N)CCCCO)CC4)n3)ccc21. The molecular formula is C28H41N3O2S. The number of thiazole rings is 1. The van der Waals surface area contributed by atoms with Crippen LogP contribution in [0.2, 0.25) is 0 Å². The molecule has 1 saturated heterocycles. The van der Waals surface area contributed by atoms with Gasteiger partial charge in [0.15, 0.2) is 0 Å². The number of piperidine rings is 1. The monoisotopic (exact) mass is 483 g/mol. The van der Waals surface area contributed by atoms with Crippen LogP contribution in [0.4, 0.5) is 0 Å². The minimum absolute atomic E-state index is 0.0517. The summed E-state index contributed by atoms with van der Waals surface area (Å²) in [6.45, 7) is 11.1. The fourth-order valence-electron chi connectivity index (χ4n) is 5.54. The van der Waals surface area contributed by atoms with E-state index in [2.05, 4.69) is 51.3 Å². The molecule has 1 amide bonds. The molecule has 34 heavy (non-hydrogen) atoms. The summed E-state index contributed by atoms with van der Waals surface area (Å²) in [4.78, 5) is 19.6. The molecule has 6 heteroatoms. The van der Waals surface area contributed by atoms with Crippen molar-refractivity contribution in [3.8, 4) is 11.3 Å². The molecule has 3 N–H and O–H groups in total. The molecular weight excluding hydrogens is 442 g/mol. The lowest BCUT2D eigenvalue weighted by Crippen LogP contribution is -2.46. The molecule has 0 radical (unpaired) electrons. The van der Waals surface area contributed by atoms with Crippen LogP contribution in [0.25, 0.3) is 11.3 Å². The third kappa shape index (κ3) is 5.24. The van der Waals surface area contributed by atoms with Gasteiger partial charge in [0.1, 0.15) is 0 Å². The first-order valence-corrected chi connectivity index (χ1v) is 13.8. The van der Waals surface area contributed by atoms with E-state index in [-0.39, 0.29) is 23.3 Å². The number of benzene rings is 1. The highest BCUT2D eigenvalue weighted by Crippen LogP contribution is 2.47. The van der Waals surface area contributed by atoms with Crippen molar-refractivity contribution in [1.29, 1.82) is 0 Å². The lowest BCUT2D eigenvalue weighted by atomic mass is 9.63. The summed E-state index contributed by atoms with van der Waals surface area (Å²) in [6, 6.07) is 6.51. The fraction of sp³-hybridized carbons (Fsp3) is 0.643. The predicted octanol–water partition coefficient (Wildman–Crippen LogP) is 5.36. The van der Waals surface area contributed by atoms with Gasteiger partial charge < -0.3 is 15.7 Å². The second-order valence-electron chi connectivity index (χ2n) is 11.5. The number of nitrogens with two attached hydrogens (primary N) is 1. The molecule has 1 aromatic carbocycles. The van der Waals surface area contributed by atoms with Crippen molar-refractivity contribution < 1.29 is 9.90 Å². The van der Waals surface area contributed by atoms with Gasteiger partial charge >= 0.3 is 0 Å². The Hall–Kier alpha value is -1.76. The first-order chi connectivity index (χ1) is 16.1. The van der Waals surface area contributed by atoms with Crippen molar-refractivity contribution in [2.75, 3.05) is 19.7 Å². The number of amides is 1. The zero-order valence-electron chi connectivity index (χ0n) is 21.3. The Morgan fingerprint density at radius 2 is 1.82 bits per heavy atom. The number of fused-ring (bicyclic) bond motifs is 1. The minimum Gasteiger partial charge on any atom is -0.396 e. The summed E-state index contributed by atoms with van der Waals surface area (Å²) in [6.07, 6.45) is 6.45. The highest BCUT2D eigenvalue weighted by atomic mass is 32.1. The van der Waals surface area contributed by atoms with E-state index in [0.29, 0.717) is 18.8 Å². The second-order valence-corrected chi connectivity index (χ2v) is 12.4. The maximum Gasteiger partial charge on any atom is 0.239 e. The molecule has 0 unspecified atom stereocenters. The van der Waals surface area contributed by atoms with Crippen LogP contribution < -0.4 is 5.73 Å². The highest BCUT2D eigenvalue weighted by molar-refractivity contribution is 7.10. The first-order valence-electron chi connectivity index (χ1n) is 12.9. The Morgan fingerprint density at radius 3 is 2.50 bits per heavy atom. The van der Waals surface area contributed by atoms with Crippen LogP contribution in [0, 0.1) is 0 Å². The van der Waals surface area contributed by atoms with E-state index in [1.54, 1.807) is 11.3 Å². The van der Waals surface area contributed by atoms with E-state index in [1.165, 1.54) is 34.5 Å². The van der Waals surface area contributed by atoms with E-state index in [0.717, 1.165) is 38.0 Å². The minimum atomic E-state index is -0.451. The van der Waals surface area contributed by atoms with Gasteiger partial charge in [0.2, 0.25) is 5.91 Å². The molecule has 186 valence electrons. The van der Waals surface area contributed by atoms with Crippen LogP contribution in [0.3, 0.4) is 0 Å². The van der Waals surface area contributed by atoms with Gasteiger partial charge in [-0.25, -0.2) is 4.98 Å². The van der Waals surface area contributed by atoms with Gasteiger partial charge in [-0.05, 0) is 73.0 Å². The van der Waals surface area contributed by atoms with Gasteiger partial charge in [0.25, 0.3) is 0 Å². The number of aromatic nitrogens is 1. The molecule has 1 aromatic heterocycles. The van der Waals surface area contributed by atoms with E-state index in [9.17, 15) is 4.79 Å². The van der Waals surface area contributed by atoms with Crippen molar-refractivity contribution in [1.82, 2.24) is 9.88 Å². The number of hydrogen-bond acceptors (Lipinski definition) is 5. The topological polar surface area (TPSA) is 79.5 Å². The van der Waals surface area contributed by atoms with Gasteiger partial charge in [0.05, 0.1) is 16.7 Å². The van der Waals surface area contributed by atoms with Gasteiger partial charge in [-0.1, -0.05) is 39.8 Å². The molecule has 1 atom stereocenters. The molecule has 4 rings (SSSR count). The van der Waals surface area contributed by atoms with Crippen molar-refractivity contribution in [2.45, 2.75) is 95.4 Å². The van der Waals surface area contributed by atoms with Crippen molar-refractivity contribution in [3.05, 3.63) is 39.7 Å². The number of unbranched alkanes of at least 4 members (excludes halogenated alkanes) is 1. The summed E-state index contributed by atoms with van der Waals surface area (Å²) < 4.78 is 0. The number of hydrogen-bond donors (Lipinski definition) is 2. The molecule has 5 nitrogen and oxygen atoms in total. The van der Waals surface area contributed by atoms with Crippen LogP contribution >= 0.6 is 11.3 Å². The largest absolute Gasteiger partial charge is 0.396 e. The number of rotatable bonds is 7. The quantitative estimate of drug-likeness (QED) is 0.520. The molecule has 0 spiro atoms. The Kier molecular flexibility index (Phi) is 7.51. The second kappa shape index (κ2) is 10.1. The molecule has 1 fully saturated rings. The maximum atomic E-state index is 12.7. The lowest BCUT2D eigenvalue weighted by molar-refractivity contribution is -0.133. The molecule has 1 aliphatic carbocycles. The molecule has 2 heterocycles. The average molecular weight is 484 g/mol. The number of aliphatic hydroxyl groups excluding tert-OH is 1. The van der Waals surface area contributed by atoms with Crippen LogP contribution in [-0.4, -0.2) is 46.6 Å². The molecule has 0 bridgehead atoms. The van der Waals surface area contributed by atoms with Crippen molar-refractivity contribution in [2.24, 2.45) is 5.73 Å². The number of aliphatic hydroxyl groups is 1. The van der Waals surface area contributed by atoms with Crippen molar-refractivity contribution in [3.63, 3.8) is 0 Å². The summed E-state index contributed by atoms with van der Waals surface area (Å²) in [7, 11) is 0. The summed E-state index contributed by atoms with van der Waals surface area (Å²) in [5.74, 6) is 0.456. The third-order valence-corrected chi connectivity index (χ3v) is 9.07. The lowest BCUT2D eigenvalue weighted by Gasteiger charge is -2.42. The summed E-state index contributed by atoms with van der Waals surface area (Å²) in [5.41, 5.74) is 11.8. The average Bonchev–Trinajstić information content (AvgIpc) is 3.32. The van der Waals surface area contributed by atoms with Crippen molar-refractivity contribution >= 4 is 17.2 Å². The number of nitrogens with zero attached hydrogens (tertiary/aromatic N) is 2. The van der Waals surface area contributed by atoms with E-state index in [1.807, 2.05) is 4.90 Å². The Balaban J connectivity index is 1.42. The van der Waals surface area contributed by atoms with Crippen LogP contribution in [0.1, 0.15) is 94.7 Å². The molecule has 2 aliphatic rings. The number of carbonyl (C=O) groups excluding carboxylic acids is 1. The Morgan fingerprint density at radius 1 is 1.15 bits per heavy atom. The first kappa shape index (κ1) is 25.3. The van der Waals surface area contributed by atoms with E-state index in [4.69, 9.17) is 15.8 Å². The van der Waals surface area contributed by atoms with Crippen LogP contribution in [0.5, 0.6) is 0 Å². The zero-order valence-corrected chi connectivity index (χ0v) is 22.1. The fourth-order valence-corrected chi connectivity index (χ4v) is 6.54. The normalized spacial score (nSPS) is 20.7. The highest BCUT2D eigenvalue weighted by Gasteiger charge is 2.37. The maximum absolute atomic E-state index is 12.7. The van der Waals surface area contributed by atoms with E-state index < -0.39 is 6.04 Å². The Labute approximate surface area is 208 Å². The predicted molar refractivity (Wildman–Crippen MR) is 140 cm³/mol. The molecule has 0 saturated carbocycles. The Bertz CT molecular complexity index is 1000. The summed E-state index contributed by atoms with van der Waals surface area (Å²) in [5, 5.41) is 12.3. The van der Waals surface area contributed by atoms with Gasteiger partial charge in [-0.15, -0.1) is 11.3 Å². The number of carbonyl (C=O) groups is 1. The van der Waals surface area contributed by atoms with Gasteiger partial charge in [0, 0.05) is 36.6 Å². The molecule has 2 aromatic rings. The van der Waals surface area contributed by atoms with Crippen LogP contribution in [-0.2, 0) is 15.6 Å². The van der Waals surface area contributed by atoms with Gasteiger partial charge in [-0.2, -0.15) is 0 Å². The third-order valence-electron chi connectivity index (χ3n) is 8.07. The smallest absolute Gasteiger partial charge is 0.239 e. The standard InChI is InChI=1S/C28H41N3O2S/c1-27(2)12-13-28(3,4)22-17-20(8-9-21(22)27)24-18-34-25(30-24)19-10-14-31(15-11-19)26(33)23(29)7-5-6-16-32/h8-9,17-19,23,32H,5-7,10-16,29H2,1-4H3/t23-/m1/s1. The van der Waals surface area contributed by atoms with E-state index >= 15 is 0 Å².